The highest BCUT2D eigenvalue weighted by Crippen LogP contribution is 2.13. The molecule has 6 nitrogen and oxygen atoms in total. The number of ether oxygens (including phenoxy) is 2. The zero-order valence-electron chi connectivity index (χ0n) is 16.0. The van der Waals surface area contributed by atoms with Gasteiger partial charge in [0.2, 0.25) is 0 Å². The minimum atomic E-state index is 0. The second-order valence-electron chi connectivity index (χ2n) is 6.16. The van der Waals surface area contributed by atoms with Crippen LogP contribution in [-0.4, -0.2) is 63.9 Å². The lowest BCUT2D eigenvalue weighted by Gasteiger charge is -2.26. The molecular weight excluding hydrogens is 443 g/mol. The van der Waals surface area contributed by atoms with Crippen LogP contribution in [0.1, 0.15) is 25.3 Å². The van der Waals surface area contributed by atoms with Crippen LogP contribution >= 0.6 is 24.0 Å². The standard InChI is InChI=1S/C19H32N4O2.HI/c1-3-4-8-21-19(20-2)22-16-17-6-5-7-18(15-17)25-14-11-23-9-12-24-13-10-23;/h5-7,15H,3-4,8-14,16H2,1-2H3,(H2,20,21,22);1H. The first-order chi connectivity index (χ1) is 12.3. The molecule has 0 radical (unpaired) electrons. The molecule has 2 N–H and O–H groups in total. The Morgan fingerprint density at radius 2 is 2.08 bits per heavy atom. The molecule has 0 aliphatic carbocycles. The van der Waals surface area contributed by atoms with E-state index < -0.39 is 0 Å². The number of aliphatic imine (C=N–C) groups is 1. The maximum atomic E-state index is 5.91. The minimum Gasteiger partial charge on any atom is -0.492 e. The number of nitrogens with zero attached hydrogens (tertiary/aromatic N) is 2. The summed E-state index contributed by atoms with van der Waals surface area (Å²) in [5.41, 5.74) is 1.18. The van der Waals surface area contributed by atoms with Crippen molar-refractivity contribution in [3.63, 3.8) is 0 Å². The van der Waals surface area contributed by atoms with Gasteiger partial charge in [-0.2, -0.15) is 0 Å². The van der Waals surface area contributed by atoms with Crippen LogP contribution in [0.5, 0.6) is 5.75 Å². The summed E-state index contributed by atoms with van der Waals surface area (Å²) in [6, 6.07) is 8.23. The third kappa shape index (κ3) is 9.05. The first-order valence-electron chi connectivity index (χ1n) is 9.28. The van der Waals surface area contributed by atoms with E-state index in [1.807, 2.05) is 12.1 Å². The molecule has 2 rings (SSSR count). The van der Waals surface area contributed by atoms with E-state index >= 15 is 0 Å². The molecule has 1 aromatic rings. The molecule has 0 amide bonds. The molecule has 1 heterocycles. The maximum absolute atomic E-state index is 5.91. The van der Waals surface area contributed by atoms with Crippen molar-refractivity contribution in [2.45, 2.75) is 26.3 Å². The Hall–Kier alpha value is -1.06. The second-order valence-corrected chi connectivity index (χ2v) is 6.16. The quantitative estimate of drug-likeness (QED) is 0.248. The third-order valence-corrected chi connectivity index (χ3v) is 4.18. The molecule has 1 fully saturated rings. The van der Waals surface area contributed by atoms with Crippen LogP contribution in [0.4, 0.5) is 0 Å². The van der Waals surface area contributed by atoms with Crippen molar-refractivity contribution in [1.29, 1.82) is 0 Å². The van der Waals surface area contributed by atoms with Crippen molar-refractivity contribution >= 4 is 29.9 Å². The molecule has 1 aliphatic rings. The fraction of sp³-hybridized carbons (Fsp3) is 0.632. The highest BCUT2D eigenvalue weighted by Gasteiger charge is 2.09. The average Bonchev–Trinajstić information content (AvgIpc) is 2.66. The Morgan fingerprint density at radius 1 is 1.27 bits per heavy atom. The summed E-state index contributed by atoms with van der Waals surface area (Å²) in [4.78, 5) is 6.62. The number of unbranched alkanes of at least 4 members (excludes halogenated alkanes) is 1. The summed E-state index contributed by atoms with van der Waals surface area (Å²) >= 11 is 0. The van der Waals surface area contributed by atoms with Crippen molar-refractivity contribution in [2.75, 3.05) is 53.0 Å². The van der Waals surface area contributed by atoms with Crippen LogP contribution in [0, 0.1) is 0 Å². The van der Waals surface area contributed by atoms with Crippen molar-refractivity contribution in [3.8, 4) is 5.75 Å². The van der Waals surface area contributed by atoms with E-state index in [-0.39, 0.29) is 24.0 Å². The summed E-state index contributed by atoms with van der Waals surface area (Å²) < 4.78 is 11.3. The van der Waals surface area contributed by atoms with E-state index in [1.165, 1.54) is 12.0 Å². The van der Waals surface area contributed by atoms with Gasteiger partial charge in [0, 0.05) is 39.8 Å². The molecular formula is C19H33IN4O2. The fourth-order valence-electron chi connectivity index (χ4n) is 2.65. The van der Waals surface area contributed by atoms with E-state index in [4.69, 9.17) is 9.47 Å². The largest absolute Gasteiger partial charge is 0.492 e. The first kappa shape index (κ1) is 23.0. The fourth-order valence-corrected chi connectivity index (χ4v) is 2.65. The Labute approximate surface area is 174 Å². The molecule has 26 heavy (non-hydrogen) atoms. The first-order valence-corrected chi connectivity index (χ1v) is 9.28. The van der Waals surface area contributed by atoms with Crippen LogP contribution in [0.2, 0.25) is 0 Å². The smallest absolute Gasteiger partial charge is 0.191 e. The summed E-state index contributed by atoms with van der Waals surface area (Å²) in [5.74, 6) is 1.76. The third-order valence-electron chi connectivity index (χ3n) is 4.18. The highest BCUT2D eigenvalue weighted by molar-refractivity contribution is 14.0. The van der Waals surface area contributed by atoms with Crippen LogP contribution in [-0.2, 0) is 11.3 Å². The van der Waals surface area contributed by atoms with E-state index in [0.717, 1.165) is 64.1 Å². The van der Waals surface area contributed by atoms with Crippen LogP contribution < -0.4 is 15.4 Å². The minimum absolute atomic E-state index is 0. The SMILES string of the molecule is CCCCNC(=NC)NCc1cccc(OCCN2CCOCC2)c1.I. The van der Waals surface area contributed by atoms with Gasteiger partial charge in [0.05, 0.1) is 13.2 Å². The molecule has 148 valence electrons. The molecule has 1 saturated heterocycles. The van der Waals surface area contributed by atoms with Crippen LogP contribution in [0.3, 0.4) is 0 Å². The number of benzene rings is 1. The number of guanidine groups is 1. The normalized spacial score (nSPS) is 15.2. The van der Waals surface area contributed by atoms with Gasteiger partial charge in [-0.15, -0.1) is 24.0 Å². The number of morpholine rings is 1. The van der Waals surface area contributed by atoms with Gasteiger partial charge in [0.15, 0.2) is 5.96 Å². The van der Waals surface area contributed by atoms with E-state index in [2.05, 4.69) is 39.6 Å². The summed E-state index contributed by atoms with van der Waals surface area (Å²) in [5, 5.41) is 6.66. The second kappa shape index (κ2) is 14.1. The van der Waals surface area contributed by atoms with Gasteiger partial charge in [-0.25, -0.2) is 0 Å². The van der Waals surface area contributed by atoms with Gasteiger partial charge < -0.3 is 20.1 Å². The molecule has 1 aliphatic heterocycles. The van der Waals surface area contributed by atoms with Gasteiger partial charge in [-0.05, 0) is 24.1 Å². The van der Waals surface area contributed by atoms with Crippen molar-refractivity contribution in [3.05, 3.63) is 29.8 Å². The van der Waals surface area contributed by atoms with E-state index in [1.54, 1.807) is 7.05 Å². The summed E-state index contributed by atoms with van der Waals surface area (Å²) in [6.45, 7) is 9.16. The van der Waals surface area contributed by atoms with Crippen LogP contribution in [0.25, 0.3) is 0 Å². The number of hydrogen-bond acceptors (Lipinski definition) is 4. The number of halogens is 1. The van der Waals surface area contributed by atoms with Crippen molar-refractivity contribution in [1.82, 2.24) is 15.5 Å². The molecule has 0 aromatic heterocycles. The maximum Gasteiger partial charge on any atom is 0.191 e. The van der Waals surface area contributed by atoms with E-state index in [0.29, 0.717) is 6.61 Å². The lowest BCUT2D eigenvalue weighted by molar-refractivity contribution is 0.0322. The summed E-state index contributed by atoms with van der Waals surface area (Å²) in [6.07, 6.45) is 2.32. The molecule has 1 aromatic carbocycles. The topological polar surface area (TPSA) is 58.1 Å². The Morgan fingerprint density at radius 3 is 2.81 bits per heavy atom. The predicted octanol–water partition coefficient (Wildman–Crippen LogP) is 2.48. The van der Waals surface area contributed by atoms with Gasteiger partial charge in [0.25, 0.3) is 0 Å². The molecule has 0 unspecified atom stereocenters. The van der Waals surface area contributed by atoms with E-state index in [9.17, 15) is 0 Å². The van der Waals surface area contributed by atoms with Crippen molar-refractivity contribution < 1.29 is 9.47 Å². The van der Waals surface area contributed by atoms with Crippen molar-refractivity contribution in [2.24, 2.45) is 4.99 Å². The highest BCUT2D eigenvalue weighted by atomic mass is 127. The number of rotatable bonds is 9. The Balaban J connectivity index is 0.00000338. The van der Waals surface area contributed by atoms with Gasteiger partial charge in [-0.3, -0.25) is 9.89 Å². The Bertz CT molecular complexity index is 522. The average molecular weight is 476 g/mol. The van der Waals surface area contributed by atoms with Gasteiger partial charge >= 0.3 is 0 Å². The predicted molar refractivity (Wildman–Crippen MR) is 118 cm³/mol. The monoisotopic (exact) mass is 476 g/mol. The Kier molecular flexibility index (Phi) is 12.4. The molecule has 0 bridgehead atoms. The molecule has 0 spiro atoms. The zero-order valence-corrected chi connectivity index (χ0v) is 18.3. The van der Waals surface area contributed by atoms with Crippen LogP contribution in [0.15, 0.2) is 29.3 Å². The zero-order chi connectivity index (χ0) is 17.7. The molecule has 0 saturated carbocycles. The van der Waals surface area contributed by atoms with Gasteiger partial charge in [-0.1, -0.05) is 25.5 Å². The molecule has 0 atom stereocenters. The van der Waals surface area contributed by atoms with Gasteiger partial charge in [0.1, 0.15) is 12.4 Å². The lowest BCUT2D eigenvalue weighted by atomic mass is 10.2. The molecule has 7 heteroatoms. The number of hydrogen-bond donors (Lipinski definition) is 2. The number of nitrogens with one attached hydrogen (secondary N) is 2. The summed E-state index contributed by atoms with van der Waals surface area (Å²) in [7, 11) is 1.80. The lowest BCUT2D eigenvalue weighted by Crippen LogP contribution is -2.38.